The Hall–Kier alpha value is -1.91. The third kappa shape index (κ3) is 4.02. The van der Waals surface area contributed by atoms with E-state index in [2.05, 4.69) is 9.88 Å². The Labute approximate surface area is 162 Å². The molecule has 3 fully saturated rings. The summed E-state index contributed by atoms with van der Waals surface area (Å²) in [6.07, 6.45) is 11.2. The average Bonchev–Trinajstić information content (AvgIpc) is 3.28. The summed E-state index contributed by atoms with van der Waals surface area (Å²) in [6, 6.07) is 6.09. The molecule has 1 aliphatic carbocycles. The lowest BCUT2D eigenvalue weighted by Gasteiger charge is -2.40. The summed E-state index contributed by atoms with van der Waals surface area (Å²) in [5, 5.41) is 0. The standard InChI is InChI=1S/C22H31N3O2/c26-21(17-7-1-2-8-17)24-15-11-18(12-16-24)22(27)25-14-6-4-10-20(25)19-9-3-5-13-23-19/h3,5,9,13,17-18,20H,1-2,4,6-8,10-12,14-16H2. The molecule has 1 aromatic heterocycles. The van der Waals surface area contributed by atoms with E-state index in [0.29, 0.717) is 5.91 Å². The van der Waals surface area contributed by atoms with Crippen LogP contribution in [0, 0.1) is 11.8 Å². The second-order valence-corrected chi connectivity index (χ2v) is 8.38. The maximum atomic E-state index is 13.3. The maximum Gasteiger partial charge on any atom is 0.226 e. The molecule has 0 spiro atoms. The van der Waals surface area contributed by atoms with Crippen molar-refractivity contribution in [2.24, 2.45) is 11.8 Å². The number of carbonyl (C=O) groups excluding carboxylic acids is 2. The van der Waals surface area contributed by atoms with Crippen LogP contribution in [-0.4, -0.2) is 46.2 Å². The largest absolute Gasteiger partial charge is 0.342 e. The summed E-state index contributed by atoms with van der Waals surface area (Å²) in [5.41, 5.74) is 1.01. The molecule has 0 aromatic carbocycles. The molecule has 1 saturated carbocycles. The molecule has 5 heteroatoms. The van der Waals surface area contributed by atoms with Crippen LogP contribution < -0.4 is 0 Å². The van der Waals surface area contributed by atoms with Gasteiger partial charge in [0.15, 0.2) is 0 Å². The first-order valence-corrected chi connectivity index (χ1v) is 10.7. The van der Waals surface area contributed by atoms with Crippen molar-refractivity contribution in [2.45, 2.75) is 63.8 Å². The van der Waals surface area contributed by atoms with E-state index in [9.17, 15) is 9.59 Å². The molecule has 1 aromatic rings. The molecule has 2 aliphatic heterocycles. The van der Waals surface area contributed by atoms with Crippen LogP contribution in [0.15, 0.2) is 24.4 Å². The third-order valence-corrected chi connectivity index (χ3v) is 6.68. The number of carbonyl (C=O) groups is 2. The van der Waals surface area contributed by atoms with Gasteiger partial charge < -0.3 is 9.80 Å². The van der Waals surface area contributed by atoms with E-state index in [1.807, 2.05) is 29.3 Å². The van der Waals surface area contributed by atoms with Gasteiger partial charge in [0, 0.05) is 37.7 Å². The van der Waals surface area contributed by atoms with Gasteiger partial charge in [0.1, 0.15) is 0 Å². The quantitative estimate of drug-likeness (QED) is 0.818. The van der Waals surface area contributed by atoms with E-state index in [1.165, 1.54) is 12.8 Å². The fraction of sp³-hybridized carbons (Fsp3) is 0.682. The summed E-state index contributed by atoms with van der Waals surface area (Å²) in [6.45, 7) is 2.32. The minimum atomic E-state index is 0.0574. The van der Waals surface area contributed by atoms with Crippen molar-refractivity contribution < 1.29 is 9.59 Å². The molecular weight excluding hydrogens is 338 g/mol. The molecule has 5 nitrogen and oxygen atoms in total. The van der Waals surface area contributed by atoms with Crippen molar-refractivity contribution in [1.29, 1.82) is 0 Å². The first-order valence-electron chi connectivity index (χ1n) is 10.7. The highest BCUT2D eigenvalue weighted by atomic mass is 16.2. The molecule has 2 saturated heterocycles. The smallest absolute Gasteiger partial charge is 0.226 e. The van der Waals surface area contributed by atoms with Gasteiger partial charge >= 0.3 is 0 Å². The number of aromatic nitrogens is 1. The number of piperidine rings is 2. The van der Waals surface area contributed by atoms with E-state index in [0.717, 1.165) is 70.3 Å². The predicted octanol–water partition coefficient (Wildman–Crippen LogP) is 3.56. The molecule has 1 atom stereocenters. The van der Waals surface area contributed by atoms with Crippen LogP contribution >= 0.6 is 0 Å². The van der Waals surface area contributed by atoms with Crippen LogP contribution in [0.1, 0.15) is 69.5 Å². The van der Waals surface area contributed by atoms with Gasteiger partial charge in [0.25, 0.3) is 0 Å². The highest BCUT2D eigenvalue weighted by Gasteiger charge is 2.36. The van der Waals surface area contributed by atoms with Gasteiger partial charge in [-0.2, -0.15) is 0 Å². The van der Waals surface area contributed by atoms with Crippen molar-refractivity contribution >= 4 is 11.8 Å². The molecular formula is C22H31N3O2. The summed E-state index contributed by atoms with van der Waals surface area (Å²) in [5.74, 6) is 0.913. The van der Waals surface area contributed by atoms with Gasteiger partial charge in [-0.05, 0) is 57.1 Å². The molecule has 0 N–H and O–H groups in total. The molecule has 3 aliphatic rings. The molecule has 0 radical (unpaired) electrons. The van der Waals surface area contributed by atoms with E-state index >= 15 is 0 Å². The lowest BCUT2D eigenvalue weighted by molar-refractivity contribution is -0.145. The van der Waals surface area contributed by atoms with Crippen molar-refractivity contribution in [2.75, 3.05) is 19.6 Å². The number of nitrogens with zero attached hydrogens (tertiary/aromatic N) is 3. The molecule has 146 valence electrons. The highest BCUT2D eigenvalue weighted by Crippen LogP contribution is 2.33. The summed E-state index contributed by atoms with van der Waals surface area (Å²) in [7, 11) is 0. The Kier molecular flexibility index (Phi) is 5.74. The molecule has 1 unspecified atom stereocenters. The summed E-state index contributed by atoms with van der Waals surface area (Å²) in [4.78, 5) is 34.5. The first-order chi connectivity index (χ1) is 13.2. The van der Waals surface area contributed by atoms with Crippen LogP contribution in [-0.2, 0) is 9.59 Å². The van der Waals surface area contributed by atoms with Crippen LogP contribution in [0.4, 0.5) is 0 Å². The lowest BCUT2D eigenvalue weighted by atomic mass is 9.91. The molecule has 2 amide bonds. The Balaban J connectivity index is 1.37. The Bertz CT molecular complexity index is 649. The zero-order chi connectivity index (χ0) is 18.6. The minimum absolute atomic E-state index is 0.0574. The van der Waals surface area contributed by atoms with Crippen molar-refractivity contribution in [1.82, 2.24) is 14.8 Å². The maximum absolute atomic E-state index is 13.3. The fourth-order valence-electron chi connectivity index (χ4n) is 5.09. The number of pyridine rings is 1. The molecule has 3 heterocycles. The molecule has 0 bridgehead atoms. The SMILES string of the molecule is O=C(C1CCCC1)N1CCC(C(=O)N2CCCCC2c2ccccn2)CC1. The first kappa shape index (κ1) is 18.5. The summed E-state index contributed by atoms with van der Waals surface area (Å²) >= 11 is 0. The zero-order valence-electron chi connectivity index (χ0n) is 16.2. The van der Waals surface area contributed by atoms with Gasteiger partial charge in [-0.25, -0.2) is 0 Å². The highest BCUT2D eigenvalue weighted by molar-refractivity contribution is 5.81. The van der Waals surface area contributed by atoms with Gasteiger partial charge in [-0.3, -0.25) is 14.6 Å². The normalized spacial score (nSPS) is 25.0. The van der Waals surface area contributed by atoms with Crippen LogP contribution in [0.3, 0.4) is 0 Å². The van der Waals surface area contributed by atoms with Crippen molar-refractivity contribution in [3.63, 3.8) is 0 Å². The fourth-order valence-corrected chi connectivity index (χ4v) is 5.09. The third-order valence-electron chi connectivity index (χ3n) is 6.68. The lowest BCUT2D eigenvalue weighted by Crippen LogP contribution is -2.47. The molecule has 4 rings (SSSR count). The predicted molar refractivity (Wildman–Crippen MR) is 104 cm³/mol. The topological polar surface area (TPSA) is 53.5 Å². The number of rotatable bonds is 3. The Morgan fingerprint density at radius 1 is 0.815 bits per heavy atom. The van der Waals surface area contributed by atoms with Crippen LogP contribution in [0.5, 0.6) is 0 Å². The summed E-state index contributed by atoms with van der Waals surface area (Å²) < 4.78 is 0. The van der Waals surface area contributed by atoms with Gasteiger partial charge in [0.05, 0.1) is 11.7 Å². The number of hydrogen-bond acceptors (Lipinski definition) is 3. The van der Waals surface area contributed by atoms with Crippen LogP contribution in [0.2, 0.25) is 0 Å². The number of amides is 2. The zero-order valence-corrected chi connectivity index (χ0v) is 16.2. The van der Waals surface area contributed by atoms with E-state index in [4.69, 9.17) is 0 Å². The number of likely N-dealkylation sites (tertiary alicyclic amines) is 2. The number of hydrogen-bond donors (Lipinski definition) is 0. The average molecular weight is 370 g/mol. The minimum Gasteiger partial charge on any atom is -0.342 e. The van der Waals surface area contributed by atoms with E-state index in [1.54, 1.807) is 0 Å². The van der Waals surface area contributed by atoms with Gasteiger partial charge in [-0.1, -0.05) is 18.9 Å². The Morgan fingerprint density at radius 2 is 1.52 bits per heavy atom. The van der Waals surface area contributed by atoms with E-state index < -0.39 is 0 Å². The van der Waals surface area contributed by atoms with Crippen LogP contribution in [0.25, 0.3) is 0 Å². The van der Waals surface area contributed by atoms with Crippen molar-refractivity contribution in [3.8, 4) is 0 Å². The second kappa shape index (κ2) is 8.41. The monoisotopic (exact) mass is 369 g/mol. The van der Waals surface area contributed by atoms with E-state index in [-0.39, 0.29) is 23.8 Å². The Morgan fingerprint density at radius 3 is 2.22 bits per heavy atom. The van der Waals surface area contributed by atoms with Gasteiger partial charge in [0.2, 0.25) is 11.8 Å². The van der Waals surface area contributed by atoms with Gasteiger partial charge in [-0.15, -0.1) is 0 Å². The molecule has 27 heavy (non-hydrogen) atoms. The van der Waals surface area contributed by atoms with Crippen molar-refractivity contribution in [3.05, 3.63) is 30.1 Å². The second-order valence-electron chi connectivity index (χ2n) is 8.38.